The monoisotopic (exact) mass is 308 g/mol. The summed E-state index contributed by atoms with van der Waals surface area (Å²) in [6.45, 7) is 5.79. The molecule has 2 heterocycles. The Balaban J connectivity index is 1.80. The normalized spacial score (nSPS) is 11.7. The van der Waals surface area contributed by atoms with Gasteiger partial charge >= 0.3 is 0 Å². The Morgan fingerprint density at radius 3 is 2.60 bits per heavy atom. The zero-order valence-electron chi connectivity index (χ0n) is 12.1. The fraction of sp³-hybridized carbons (Fsp3) is 0.429. The van der Waals surface area contributed by atoms with Gasteiger partial charge in [0.25, 0.3) is 0 Å². The van der Waals surface area contributed by atoms with Gasteiger partial charge in [-0.15, -0.1) is 22.7 Å². The van der Waals surface area contributed by atoms with Crippen LogP contribution in [-0.2, 0) is 19.5 Å². The second kappa shape index (κ2) is 7.40. The molecule has 0 bridgehead atoms. The van der Waals surface area contributed by atoms with E-state index < -0.39 is 0 Å². The lowest BCUT2D eigenvalue weighted by molar-refractivity contribution is 0.811. The van der Waals surface area contributed by atoms with Gasteiger partial charge < -0.3 is 10.6 Å². The highest BCUT2D eigenvalue weighted by atomic mass is 32.1. The number of nitrogens with one attached hydrogen (secondary N) is 2. The average molecular weight is 308 g/mol. The minimum absolute atomic E-state index is 0.716. The molecule has 0 radical (unpaired) electrons. The molecule has 0 amide bonds. The van der Waals surface area contributed by atoms with E-state index in [4.69, 9.17) is 0 Å². The summed E-state index contributed by atoms with van der Waals surface area (Å²) in [5.41, 5.74) is 0. The number of rotatable bonds is 5. The van der Waals surface area contributed by atoms with Crippen molar-refractivity contribution in [2.24, 2.45) is 4.99 Å². The van der Waals surface area contributed by atoms with Gasteiger partial charge in [-0.2, -0.15) is 0 Å². The molecule has 6 heteroatoms. The zero-order chi connectivity index (χ0) is 14.4. The fourth-order valence-corrected chi connectivity index (χ4v) is 3.36. The van der Waals surface area contributed by atoms with Gasteiger partial charge in [0.2, 0.25) is 0 Å². The lowest BCUT2D eigenvalue weighted by Gasteiger charge is -2.09. The molecule has 0 aliphatic heterocycles. The molecule has 0 aliphatic carbocycles. The van der Waals surface area contributed by atoms with Crippen LogP contribution in [0.5, 0.6) is 0 Å². The van der Waals surface area contributed by atoms with E-state index >= 15 is 0 Å². The van der Waals surface area contributed by atoms with Gasteiger partial charge in [0.15, 0.2) is 5.96 Å². The molecule has 20 heavy (non-hydrogen) atoms. The van der Waals surface area contributed by atoms with Crippen LogP contribution in [-0.4, -0.2) is 18.0 Å². The number of thiophene rings is 1. The number of aromatic nitrogens is 1. The van der Waals surface area contributed by atoms with Crippen LogP contribution in [0.25, 0.3) is 0 Å². The van der Waals surface area contributed by atoms with Crippen molar-refractivity contribution in [3.05, 3.63) is 38.0 Å². The summed E-state index contributed by atoms with van der Waals surface area (Å²) in [6.07, 6.45) is 2.99. The second-order valence-electron chi connectivity index (χ2n) is 4.37. The van der Waals surface area contributed by atoms with Crippen molar-refractivity contribution in [3.63, 3.8) is 0 Å². The van der Waals surface area contributed by atoms with Gasteiger partial charge in [0, 0.05) is 27.9 Å². The molecule has 0 spiro atoms. The largest absolute Gasteiger partial charge is 0.352 e. The number of aliphatic imine (C=N–C) groups is 1. The maximum Gasteiger partial charge on any atom is 0.191 e. The van der Waals surface area contributed by atoms with Crippen LogP contribution in [0.2, 0.25) is 0 Å². The third-order valence-corrected chi connectivity index (χ3v) is 4.95. The quantitative estimate of drug-likeness (QED) is 0.659. The summed E-state index contributed by atoms with van der Waals surface area (Å²) in [7, 11) is 1.79. The molecule has 0 saturated carbocycles. The molecule has 2 rings (SSSR count). The topological polar surface area (TPSA) is 49.3 Å². The summed E-state index contributed by atoms with van der Waals surface area (Å²) in [4.78, 5) is 12.6. The minimum Gasteiger partial charge on any atom is -0.352 e. The maximum atomic E-state index is 4.39. The predicted octanol–water partition coefficient (Wildman–Crippen LogP) is 2.94. The molecule has 2 N–H and O–H groups in total. The highest BCUT2D eigenvalue weighted by molar-refractivity contribution is 7.12. The Morgan fingerprint density at radius 1 is 1.20 bits per heavy atom. The Bertz CT molecular complexity index is 571. The number of nitrogens with zero attached hydrogens (tertiary/aromatic N) is 2. The van der Waals surface area contributed by atoms with Crippen molar-refractivity contribution >= 4 is 28.6 Å². The number of hydrogen-bond acceptors (Lipinski definition) is 4. The molecule has 108 valence electrons. The molecule has 2 aromatic rings. The Kier molecular flexibility index (Phi) is 5.55. The first-order valence-corrected chi connectivity index (χ1v) is 8.28. The summed E-state index contributed by atoms with van der Waals surface area (Å²) < 4.78 is 0. The lowest BCUT2D eigenvalue weighted by atomic mass is 10.4. The number of hydrogen-bond donors (Lipinski definition) is 2. The summed E-state index contributed by atoms with van der Waals surface area (Å²) >= 11 is 3.55. The molecule has 0 fully saturated rings. The van der Waals surface area contributed by atoms with E-state index in [-0.39, 0.29) is 0 Å². The second-order valence-corrected chi connectivity index (χ2v) is 6.94. The van der Waals surface area contributed by atoms with Gasteiger partial charge in [-0.3, -0.25) is 4.99 Å². The first-order chi connectivity index (χ1) is 9.71. The Hall–Kier alpha value is -1.40. The van der Waals surface area contributed by atoms with Crippen LogP contribution < -0.4 is 10.6 Å². The van der Waals surface area contributed by atoms with E-state index in [1.807, 2.05) is 6.20 Å². The van der Waals surface area contributed by atoms with Crippen molar-refractivity contribution in [1.29, 1.82) is 0 Å². The van der Waals surface area contributed by atoms with E-state index in [9.17, 15) is 0 Å². The highest BCUT2D eigenvalue weighted by Crippen LogP contribution is 2.14. The zero-order valence-corrected chi connectivity index (χ0v) is 13.7. The van der Waals surface area contributed by atoms with Crippen molar-refractivity contribution in [3.8, 4) is 0 Å². The van der Waals surface area contributed by atoms with E-state index in [1.165, 1.54) is 14.6 Å². The molecule has 0 aromatic carbocycles. The van der Waals surface area contributed by atoms with Crippen LogP contribution >= 0.6 is 22.7 Å². The van der Waals surface area contributed by atoms with Crippen molar-refractivity contribution in [1.82, 2.24) is 15.6 Å². The molecular weight excluding hydrogens is 288 g/mol. The fourth-order valence-electron chi connectivity index (χ4n) is 1.72. The maximum absolute atomic E-state index is 4.39. The van der Waals surface area contributed by atoms with Crippen LogP contribution in [0.1, 0.15) is 26.6 Å². The summed E-state index contributed by atoms with van der Waals surface area (Å²) in [6, 6.07) is 4.29. The third-order valence-electron chi connectivity index (χ3n) is 2.81. The smallest absolute Gasteiger partial charge is 0.191 e. The average Bonchev–Trinajstić information content (AvgIpc) is 3.08. The van der Waals surface area contributed by atoms with E-state index in [0.717, 1.165) is 23.9 Å². The first-order valence-electron chi connectivity index (χ1n) is 6.64. The van der Waals surface area contributed by atoms with Crippen molar-refractivity contribution in [2.45, 2.75) is 33.4 Å². The minimum atomic E-state index is 0.716. The van der Waals surface area contributed by atoms with Gasteiger partial charge in [-0.1, -0.05) is 6.92 Å². The van der Waals surface area contributed by atoms with E-state index in [1.54, 1.807) is 29.7 Å². The van der Waals surface area contributed by atoms with Crippen molar-refractivity contribution < 1.29 is 0 Å². The standard InChI is InChI=1S/C14H20N4S2/c1-4-11-7-16-13(20-11)9-18-14(15-3)17-8-12-6-5-10(2)19-12/h5-7H,4,8-9H2,1-3H3,(H2,15,17,18). The summed E-state index contributed by atoms with van der Waals surface area (Å²) in [5, 5.41) is 7.70. The molecule has 0 unspecified atom stereocenters. The van der Waals surface area contributed by atoms with Gasteiger partial charge in [-0.25, -0.2) is 4.98 Å². The van der Waals surface area contributed by atoms with Crippen LogP contribution in [0.15, 0.2) is 23.3 Å². The van der Waals surface area contributed by atoms with E-state index in [2.05, 4.69) is 46.6 Å². The molecule has 2 aromatic heterocycles. The van der Waals surface area contributed by atoms with Gasteiger partial charge in [0.05, 0.1) is 13.1 Å². The molecular formula is C14H20N4S2. The SMILES string of the molecule is CCc1cnc(CNC(=NC)NCc2ccc(C)s2)s1. The predicted molar refractivity (Wildman–Crippen MR) is 87.6 cm³/mol. The van der Waals surface area contributed by atoms with Crippen LogP contribution in [0.4, 0.5) is 0 Å². The molecule has 4 nitrogen and oxygen atoms in total. The number of thiazole rings is 1. The molecule has 0 saturated heterocycles. The molecule has 0 atom stereocenters. The van der Waals surface area contributed by atoms with Crippen LogP contribution in [0, 0.1) is 6.92 Å². The highest BCUT2D eigenvalue weighted by Gasteiger charge is 2.03. The first kappa shape index (κ1) is 15.0. The summed E-state index contributed by atoms with van der Waals surface area (Å²) in [5.74, 6) is 0.810. The van der Waals surface area contributed by atoms with Gasteiger partial charge in [-0.05, 0) is 25.5 Å². The number of guanidine groups is 1. The van der Waals surface area contributed by atoms with Gasteiger partial charge in [0.1, 0.15) is 5.01 Å². The van der Waals surface area contributed by atoms with Crippen molar-refractivity contribution in [2.75, 3.05) is 7.05 Å². The number of aryl methyl sites for hydroxylation is 2. The van der Waals surface area contributed by atoms with Crippen LogP contribution in [0.3, 0.4) is 0 Å². The third kappa shape index (κ3) is 4.31. The lowest BCUT2D eigenvalue weighted by Crippen LogP contribution is -2.36. The molecule has 0 aliphatic rings. The van der Waals surface area contributed by atoms with E-state index in [0.29, 0.717) is 6.54 Å². The Morgan fingerprint density at radius 2 is 2.00 bits per heavy atom. The Labute approximate surface area is 128 Å².